The molecule has 48 heavy (non-hydrogen) atoms. The minimum atomic E-state index is -1.56. The number of carbonyl (C=O) groups is 1. The smallest absolute Gasteiger partial charge is 0.220 e. The quantitative estimate of drug-likeness (QED) is 0.0328. The van der Waals surface area contributed by atoms with Crippen LogP contribution in [-0.2, 0) is 14.3 Å². The Balaban J connectivity index is 2.44. The maximum Gasteiger partial charge on any atom is 0.220 e. The molecule has 1 fully saturated rings. The number of aliphatic hydroxyl groups is 5. The summed E-state index contributed by atoms with van der Waals surface area (Å²) in [6, 6.07) is -0.796. The Bertz CT molecular complexity index is 766. The molecule has 1 amide bonds. The van der Waals surface area contributed by atoms with Crippen molar-refractivity contribution < 1.29 is 39.8 Å². The minimum Gasteiger partial charge on any atom is -0.394 e. The second-order valence-corrected chi connectivity index (χ2v) is 14.1. The van der Waals surface area contributed by atoms with Gasteiger partial charge in [-0.3, -0.25) is 4.79 Å². The van der Waals surface area contributed by atoms with Gasteiger partial charge in [0.2, 0.25) is 5.91 Å². The summed E-state index contributed by atoms with van der Waals surface area (Å²) in [5.41, 5.74) is 0. The van der Waals surface area contributed by atoms with Crippen molar-refractivity contribution in [3.8, 4) is 0 Å². The second kappa shape index (κ2) is 30.7. The molecule has 284 valence electrons. The molecule has 2 unspecified atom stereocenters. The monoisotopic (exact) mass is 686 g/mol. The molecular formula is C39H75NO8. The van der Waals surface area contributed by atoms with Crippen molar-refractivity contribution in [1.82, 2.24) is 5.32 Å². The van der Waals surface area contributed by atoms with Gasteiger partial charge in [-0.15, -0.1) is 0 Å². The molecule has 0 aliphatic carbocycles. The second-order valence-electron chi connectivity index (χ2n) is 14.1. The zero-order valence-electron chi connectivity index (χ0n) is 30.7. The maximum atomic E-state index is 12.9. The van der Waals surface area contributed by atoms with E-state index >= 15 is 0 Å². The van der Waals surface area contributed by atoms with Gasteiger partial charge < -0.3 is 40.3 Å². The summed E-state index contributed by atoms with van der Waals surface area (Å²) in [7, 11) is 0. The van der Waals surface area contributed by atoms with E-state index in [0.717, 1.165) is 38.5 Å². The summed E-state index contributed by atoms with van der Waals surface area (Å²) in [5.74, 6) is -0.178. The first-order valence-corrected chi connectivity index (χ1v) is 19.9. The number of unbranched alkanes of at least 4 members (excludes halogenated alkanes) is 22. The molecule has 0 spiro atoms. The molecule has 0 radical (unpaired) electrons. The number of allylic oxidation sites excluding steroid dienone is 1. The molecule has 0 aromatic carbocycles. The molecule has 6 N–H and O–H groups in total. The van der Waals surface area contributed by atoms with E-state index in [-0.39, 0.29) is 12.5 Å². The topological polar surface area (TPSA) is 149 Å². The minimum absolute atomic E-state index is 0.178. The Kier molecular flexibility index (Phi) is 28.8. The summed E-state index contributed by atoms with van der Waals surface area (Å²) in [4.78, 5) is 12.9. The number of carbonyl (C=O) groups excluding carboxylic acids is 1. The highest BCUT2D eigenvalue weighted by atomic mass is 16.7. The van der Waals surface area contributed by atoms with Gasteiger partial charge in [0.05, 0.1) is 25.4 Å². The average Bonchev–Trinajstić information content (AvgIpc) is 3.08. The molecule has 1 heterocycles. The zero-order valence-corrected chi connectivity index (χ0v) is 30.7. The summed E-state index contributed by atoms with van der Waals surface area (Å²) >= 11 is 0. The molecule has 1 saturated heterocycles. The van der Waals surface area contributed by atoms with Crippen LogP contribution in [0.3, 0.4) is 0 Å². The lowest BCUT2D eigenvalue weighted by Gasteiger charge is -2.40. The third kappa shape index (κ3) is 21.9. The number of aliphatic hydroxyl groups excluding tert-OH is 5. The van der Waals surface area contributed by atoms with E-state index in [9.17, 15) is 30.3 Å². The first-order valence-electron chi connectivity index (χ1n) is 19.9. The Morgan fingerprint density at radius 2 is 1.15 bits per heavy atom. The van der Waals surface area contributed by atoms with Crippen molar-refractivity contribution in [2.24, 2.45) is 0 Å². The first-order chi connectivity index (χ1) is 23.3. The lowest BCUT2D eigenvalue weighted by Crippen LogP contribution is -2.60. The fourth-order valence-electron chi connectivity index (χ4n) is 6.33. The Morgan fingerprint density at radius 1 is 0.688 bits per heavy atom. The predicted octanol–water partition coefficient (Wildman–Crippen LogP) is 7.00. The summed E-state index contributed by atoms with van der Waals surface area (Å²) < 4.78 is 11.2. The summed E-state index contributed by atoms with van der Waals surface area (Å²) in [6.07, 6.45) is 25.3. The van der Waals surface area contributed by atoms with E-state index in [1.54, 1.807) is 6.08 Å². The Morgan fingerprint density at radius 3 is 1.62 bits per heavy atom. The van der Waals surface area contributed by atoms with Gasteiger partial charge in [-0.25, -0.2) is 0 Å². The molecule has 1 aliphatic heterocycles. The van der Waals surface area contributed by atoms with Crippen molar-refractivity contribution in [2.75, 3.05) is 13.2 Å². The standard InChI is InChI=1S/C39H75NO8/c1-3-5-7-9-11-13-15-17-19-21-23-25-27-29-35(43)40-32(31-47-39-38(46)37(45)36(44)34(30-41)48-39)33(42)28-26-24-22-20-18-16-14-12-10-8-6-4-2/h26,28,32-34,36-39,41-42,44-46H,3-25,27,29-31H2,1-2H3,(H,40,43)/b28-26+/t32-,33+,34+,36-,37?,38?,39+/m0/s1. The average molecular weight is 686 g/mol. The van der Waals surface area contributed by atoms with Crippen LogP contribution in [0.1, 0.15) is 174 Å². The molecule has 1 rings (SSSR count). The van der Waals surface area contributed by atoms with Crippen LogP contribution >= 0.6 is 0 Å². The highest BCUT2D eigenvalue weighted by molar-refractivity contribution is 5.76. The number of hydrogen-bond donors (Lipinski definition) is 6. The number of ether oxygens (including phenoxy) is 2. The third-order valence-corrected chi connectivity index (χ3v) is 9.61. The van der Waals surface area contributed by atoms with Crippen LogP contribution in [0.25, 0.3) is 0 Å². The lowest BCUT2D eigenvalue weighted by atomic mass is 9.99. The van der Waals surface area contributed by atoms with Gasteiger partial charge in [0.25, 0.3) is 0 Å². The fraction of sp³-hybridized carbons (Fsp3) is 0.923. The fourth-order valence-corrected chi connectivity index (χ4v) is 6.33. The van der Waals surface area contributed by atoms with Crippen LogP contribution in [0.5, 0.6) is 0 Å². The van der Waals surface area contributed by atoms with Gasteiger partial charge in [0.15, 0.2) is 6.29 Å². The molecule has 0 saturated carbocycles. The van der Waals surface area contributed by atoms with Crippen LogP contribution in [-0.4, -0.2) is 87.5 Å². The molecule has 9 heteroatoms. The summed E-state index contributed by atoms with van der Waals surface area (Å²) in [6.45, 7) is 3.74. The van der Waals surface area contributed by atoms with E-state index in [0.29, 0.717) is 6.42 Å². The van der Waals surface area contributed by atoms with Crippen LogP contribution < -0.4 is 5.32 Å². The summed E-state index contributed by atoms with van der Waals surface area (Å²) in [5, 5.41) is 53.9. The lowest BCUT2D eigenvalue weighted by molar-refractivity contribution is -0.302. The van der Waals surface area contributed by atoms with Crippen molar-refractivity contribution in [1.29, 1.82) is 0 Å². The largest absolute Gasteiger partial charge is 0.394 e. The molecule has 7 atom stereocenters. The van der Waals surface area contributed by atoms with Crippen LogP contribution in [0, 0.1) is 0 Å². The molecule has 1 aliphatic rings. The zero-order chi connectivity index (χ0) is 35.2. The van der Waals surface area contributed by atoms with E-state index in [1.165, 1.54) is 116 Å². The maximum absolute atomic E-state index is 12.9. The van der Waals surface area contributed by atoms with Gasteiger partial charge in [-0.2, -0.15) is 0 Å². The molecule has 0 aromatic heterocycles. The number of nitrogens with one attached hydrogen (secondary N) is 1. The van der Waals surface area contributed by atoms with Gasteiger partial charge in [0, 0.05) is 6.42 Å². The van der Waals surface area contributed by atoms with Gasteiger partial charge in [-0.1, -0.05) is 161 Å². The number of hydrogen-bond acceptors (Lipinski definition) is 8. The Hall–Kier alpha value is -1.07. The SMILES string of the molecule is CCCCCCCCCCCC/C=C/[C@@H](O)[C@H](CO[C@@H]1O[C@H](CO)[C@H](O)C(O)C1O)NC(=O)CCCCCCCCCCCCCCC. The number of amides is 1. The van der Waals surface area contributed by atoms with Gasteiger partial charge >= 0.3 is 0 Å². The van der Waals surface area contributed by atoms with Crippen molar-refractivity contribution in [2.45, 2.75) is 217 Å². The first kappa shape index (κ1) is 45.0. The van der Waals surface area contributed by atoms with Gasteiger partial charge in [-0.05, 0) is 19.3 Å². The normalized spacial score (nSPS) is 22.7. The molecule has 0 aromatic rings. The van der Waals surface area contributed by atoms with E-state index in [2.05, 4.69) is 19.2 Å². The van der Waals surface area contributed by atoms with E-state index in [4.69, 9.17) is 9.47 Å². The van der Waals surface area contributed by atoms with Crippen molar-refractivity contribution in [3.63, 3.8) is 0 Å². The third-order valence-electron chi connectivity index (χ3n) is 9.61. The Labute approximate surface area is 293 Å². The van der Waals surface area contributed by atoms with E-state index in [1.807, 2.05) is 6.08 Å². The van der Waals surface area contributed by atoms with Crippen LogP contribution in [0.4, 0.5) is 0 Å². The number of rotatable bonds is 32. The highest BCUT2D eigenvalue weighted by Gasteiger charge is 2.44. The van der Waals surface area contributed by atoms with Crippen molar-refractivity contribution in [3.05, 3.63) is 12.2 Å². The van der Waals surface area contributed by atoms with Crippen LogP contribution in [0.2, 0.25) is 0 Å². The molecular weight excluding hydrogens is 610 g/mol. The molecule has 0 bridgehead atoms. The predicted molar refractivity (Wildman–Crippen MR) is 194 cm³/mol. The highest BCUT2D eigenvalue weighted by Crippen LogP contribution is 2.22. The van der Waals surface area contributed by atoms with Gasteiger partial charge in [0.1, 0.15) is 24.4 Å². The van der Waals surface area contributed by atoms with E-state index < -0.39 is 49.5 Å². The van der Waals surface area contributed by atoms with Crippen LogP contribution in [0.15, 0.2) is 12.2 Å². The van der Waals surface area contributed by atoms with Crippen molar-refractivity contribution >= 4 is 5.91 Å². The molecule has 9 nitrogen and oxygen atoms in total.